The number of carbonyl (C=O) groups is 1. The van der Waals surface area contributed by atoms with Crippen LogP contribution in [0, 0.1) is 17.5 Å². The molecule has 10 heteroatoms. The molecule has 5 rings (SSSR count). The number of halogens is 3. The van der Waals surface area contributed by atoms with Crippen molar-refractivity contribution in [3.8, 4) is 5.69 Å². The Hall–Kier alpha value is -3.24. The molecule has 0 radical (unpaired) electrons. The number of rotatable bonds is 3. The van der Waals surface area contributed by atoms with Gasteiger partial charge in [-0.25, -0.2) is 22.9 Å². The predicted molar refractivity (Wildman–Crippen MR) is 100 cm³/mol. The lowest BCUT2D eigenvalue weighted by atomic mass is 9.94. The number of benzene rings is 1. The van der Waals surface area contributed by atoms with Gasteiger partial charge in [0.05, 0.1) is 22.3 Å². The minimum Gasteiger partial charge on any atom is -0.477 e. The third-order valence-electron chi connectivity index (χ3n) is 5.76. The molecule has 2 fully saturated rings. The molecule has 4 heterocycles. The number of pyridine rings is 2. The van der Waals surface area contributed by atoms with Crippen molar-refractivity contribution in [2.75, 3.05) is 13.1 Å². The van der Waals surface area contributed by atoms with Crippen LogP contribution in [0.3, 0.4) is 0 Å². The van der Waals surface area contributed by atoms with E-state index in [-0.39, 0.29) is 28.5 Å². The largest absolute Gasteiger partial charge is 0.477 e. The number of nitrogens with zero attached hydrogens (tertiary/aromatic N) is 2. The second kappa shape index (κ2) is 6.38. The molecule has 2 aliphatic heterocycles. The molecule has 30 heavy (non-hydrogen) atoms. The van der Waals surface area contributed by atoms with Crippen LogP contribution in [0.15, 0.2) is 35.3 Å². The van der Waals surface area contributed by atoms with Gasteiger partial charge in [0.1, 0.15) is 28.7 Å². The highest BCUT2D eigenvalue weighted by Gasteiger charge is 2.48. The van der Waals surface area contributed by atoms with Gasteiger partial charge in [0, 0.05) is 31.4 Å². The molecule has 2 unspecified atom stereocenters. The lowest BCUT2D eigenvalue weighted by molar-refractivity contribution is 0.0695. The van der Waals surface area contributed by atoms with E-state index in [9.17, 15) is 23.5 Å². The van der Waals surface area contributed by atoms with Crippen LogP contribution in [-0.2, 0) is 5.54 Å². The Bertz CT molecular complexity index is 1280. The maximum absolute atomic E-state index is 15.1. The molecular weight excluding hydrogens is 401 g/mol. The number of aromatic nitrogens is 2. The molecular formula is C20H15F3N4O3. The summed E-state index contributed by atoms with van der Waals surface area (Å²) in [4.78, 5) is 28.6. The summed E-state index contributed by atoms with van der Waals surface area (Å²) in [6.07, 6.45) is 1.51. The minimum absolute atomic E-state index is 0.0567. The van der Waals surface area contributed by atoms with E-state index in [1.807, 2.05) is 0 Å². The second-order valence-corrected chi connectivity index (χ2v) is 7.58. The van der Waals surface area contributed by atoms with E-state index < -0.39 is 40.0 Å². The number of fused-ring (bicyclic) bond motifs is 3. The van der Waals surface area contributed by atoms with Crippen molar-refractivity contribution in [3.63, 3.8) is 0 Å². The van der Waals surface area contributed by atoms with Crippen molar-refractivity contribution in [3.05, 3.63) is 69.4 Å². The molecule has 0 spiro atoms. The maximum atomic E-state index is 15.1. The quantitative estimate of drug-likeness (QED) is 0.601. The number of carboxylic acid groups (broad SMARTS) is 1. The van der Waals surface area contributed by atoms with Gasteiger partial charge >= 0.3 is 5.97 Å². The highest BCUT2D eigenvalue weighted by molar-refractivity contribution is 5.92. The molecule has 2 aromatic heterocycles. The van der Waals surface area contributed by atoms with Gasteiger partial charge in [-0.15, -0.1) is 0 Å². The van der Waals surface area contributed by atoms with E-state index in [0.717, 1.165) is 29.0 Å². The monoisotopic (exact) mass is 416 g/mol. The van der Waals surface area contributed by atoms with Crippen LogP contribution in [0.5, 0.6) is 0 Å². The van der Waals surface area contributed by atoms with Gasteiger partial charge in [0.25, 0.3) is 0 Å². The first-order chi connectivity index (χ1) is 14.3. The number of nitrogens with one attached hydrogen (secondary N) is 2. The summed E-state index contributed by atoms with van der Waals surface area (Å²) in [7, 11) is 0. The zero-order valence-corrected chi connectivity index (χ0v) is 15.4. The topological polar surface area (TPSA) is 96.2 Å². The van der Waals surface area contributed by atoms with Crippen molar-refractivity contribution in [1.82, 2.24) is 20.2 Å². The van der Waals surface area contributed by atoms with E-state index in [1.54, 1.807) is 0 Å². The lowest BCUT2D eigenvalue weighted by Gasteiger charge is -2.28. The number of hydrogen-bond donors (Lipinski definition) is 3. The van der Waals surface area contributed by atoms with Crippen molar-refractivity contribution in [1.29, 1.82) is 0 Å². The number of carboxylic acids is 1. The number of piperazine rings is 1. The Labute approximate surface area is 167 Å². The van der Waals surface area contributed by atoms with Crippen LogP contribution < -0.4 is 16.1 Å². The summed E-state index contributed by atoms with van der Waals surface area (Å²) < 4.78 is 44.0. The first-order valence-electron chi connectivity index (χ1n) is 9.22. The van der Waals surface area contributed by atoms with Crippen LogP contribution in [0.1, 0.15) is 22.5 Å². The minimum atomic E-state index is -1.55. The smallest absolute Gasteiger partial charge is 0.341 e. The average molecular weight is 416 g/mol. The predicted octanol–water partition coefficient (Wildman–Crippen LogP) is 1.66. The Kier molecular flexibility index (Phi) is 3.99. The van der Waals surface area contributed by atoms with Crippen LogP contribution in [0.2, 0.25) is 0 Å². The molecule has 2 atom stereocenters. The summed E-state index contributed by atoms with van der Waals surface area (Å²) in [5.41, 5.74) is -2.67. The van der Waals surface area contributed by atoms with E-state index in [1.165, 1.54) is 0 Å². The standard InChI is InChI=1S/C20H15F3N4O3/c21-9-1-2-15(13(22)3-9)27-7-12(19(29)30)16(28)11-4-14(23)17(26-18(11)27)20-5-10(6-25-20)24-8-20/h1-4,7,10,24-25H,5-6,8H2,(H,29,30). The van der Waals surface area contributed by atoms with E-state index in [4.69, 9.17) is 0 Å². The van der Waals surface area contributed by atoms with Crippen molar-refractivity contribution >= 4 is 17.0 Å². The van der Waals surface area contributed by atoms with Gasteiger partial charge in [0.2, 0.25) is 5.43 Å². The van der Waals surface area contributed by atoms with Gasteiger partial charge < -0.3 is 15.7 Å². The average Bonchev–Trinajstić information content (AvgIpc) is 3.31. The summed E-state index contributed by atoms with van der Waals surface area (Å²) in [6.45, 7) is 1.05. The molecule has 2 bridgehead atoms. The molecule has 0 aliphatic carbocycles. The van der Waals surface area contributed by atoms with Crippen LogP contribution >= 0.6 is 0 Å². The van der Waals surface area contributed by atoms with Crippen LogP contribution in [0.25, 0.3) is 16.7 Å². The summed E-state index contributed by atoms with van der Waals surface area (Å²) in [6, 6.07) is 3.83. The normalized spacial score (nSPS) is 22.7. The zero-order valence-electron chi connectivity index (χ0n) is 15.4. The number of aromatic carboxylic acids is 1. The van der Waals surface area contributed by atoms with Gasteiger partial charge in [-0.1, -0.05) is 0 Å². The van der Waals surface area contributed by atoms with Gasteiger partial charge in [0.15, 0.2) is 0 Å². The second-order valence-electron chi connectivity index (χ2n) is 7.58. The molecule has 154 valence electrons. The lowest BCUT2D eigenvalue weighted by Crippen LogP contribution is -2.48. The maximum Gasteiger partial charge on any atom is 0.341 e. The van der Waals surface area contributed by atoms with Crippen molar-refractivity contribution in [2.45, 2.75) is 18.0 Å². The Balaban J connectivity index is 1.85. The van der Waals surface area contributed by atoms with Crippen molar-refractivity contribution < 1.29 is 23.1 Å². The fourth-order valence-corrected chi connectivity index (χ4v) is 4.32. The Morgan fingerprint density at radius 2 is 2.03 bits per heavy atom. The molecule has 1 aromatic carbocycles. The molecule has 2 aliphatic rings. The molecule has 0 saturated carbocycles. The summed E-state index contributed by atoms with van der Waals surface area (Å²) in [5, 5.41) is 15.6. The SMILES string of the molecule is O=C(O)c1cn(-c2ccc(F)cc2F)c2nc(C34CNC(CN3)C4)c(F)cc2c1=O. The molecule has 3 N–H and O–H groups in total. The van der Waals surface area contributed by atoms with Gasteiger partial charge in [-0.05, 0) is 24.6 Å². The first-order valence-corrected chi connectivity index (χ1v) is 9.22. The first kappa shape index (κ1) is 18.8. The highest BCUT2D eigenvalue weighted by Crippen LogP contribution is 2.36. The van der Waals surface area contributed by atoms with Gasteiger partial charge in [-0.3, -0.25) is 9.36 Å². The summed E-state index contributed by atoms with van der Waals surface area (Å²) >= 11 is 0. The van der Waals surface area contributed by atoms with Crippen molar-refractivity contribution in [2.24, 2.45) is 0 Å². The number of hydrogen-bond acceptors (Lipinski definition) is 5. The molecule has 3 aromatic rings. The molecule has 7 nitrogen and oxygen atoms in total. The Morgan fingerprint density at radius 3 is 2.63 bits per heavy atom. The van der Waals surface area contributed by atoms with E-state index in [0.29, 0.717) is 25.6 Å². The highest BCUT2D eigenvalue weighted by atomic mass is 19.1. The fourth-order valence-electron chi connectivity index (χ4n) is 4.32. The Morgan fingerprint density at radius 1 is 1.23 bits per heavy atom. The molecule has 0 amide bonds. The summed E-state index contributed by atoms with van der Waals surface area (Å²) in [5.74, 6) is -4.12. The molecule has 2 saturated heterocycles. The van der Waals surface area contributed by atoms with Gasteiger partial charge in [-0.2, -0.15) is 0 Å². The third-order valence-corrected chi connectivity index (χ3v) is 5.76. The van der Waals surface area contributed by atoms with E-state index in [2.05, 4.69) is 15.6 Å². The fraction of sp³-hybridized carbons (Fsp3) is 0.250. The third kappa shape index (κ3) is 2.64. The van der Waals surface area contributed by atoms with Crippen LogP contribution in [-0.4, -0.2) is 39.8 Å². The van der Waals surface area contributed by atoms with Crippen LogP contribution in [0.4, 0.5) is 13.2 Å². The zero-order chi connectivity index (χ0) is 21.2. The van der Waals surface area contributed by atoms with E-state index >= 15 is 4.39 Å².